The number of nitro benzene ring substituents is 1. The van der Waals surface area contributed by atoms with E-state index in [0.717, 1.165) is 6.42 Å². The smallest absolute Gasteiger partial charge is 0.274 e. The Kier molecular flexibility index (Phi) is 3.21. The van der Waals surface area contributed by atoms with Crippen molar-refractivity contribution in [1.29, 1.82) is 5.26 Å². The van der Waals surface area contributed by atoms with Crippen LogP contribution in [-0.4, -0.2) is 10.8 Å². The zero-order chi connectivity index (χ0) is 14.0. The maximum atomic E-state index is 12.0. The normalized spacial score (nSPS) is 16.0. The third-order valence-corrected chi connectivity index (χ3v) is 3.52. The molecule has 19 heavy (non-hydrogen) atoms. The summed E-state index contributed by atoms with van der Waals surface area (Å²) in [5, 5.41) is 22.5. The molecule has 0 spiro atoms. The highest BCUT2D eigenvalue weighted by Crippen LogP contribution is 2.41. The first-order valence-corrected chi connectivity index (χ1v) is 5.96. The Morgan fingerprint density at radius 2 is 2.21 bits per heavy atom. The lowest BCUT2D eigenvalue weighted by Gasteiger charge is -2.33. The molecule has 0 aliphatic heterocycles. The summed E-state index contributed by atoms with van der Waals surface area (Å²) in [5.74, 6) is -0.376. The van der Waals surface area contributed by atoms with E-state index in [1.54, 1.807) is 19.1 Å². The third kappa shape index (κ3) is 2.27. The van der Waals surface area contributed by atoms with E-state index >= 15 is 0 Å². The number of anilines is 1. The Morgan fingerprint density at radius 1 is 1.53 bits per heavy atom. The summed E-state index contributed by atoms with van der Waals surface area (Å²) >= 11 is 0. The van der Waals surface area contributed by atoms with E-state index in [-0.39, 0.29) is 11.6 Å². The summed E-state index contributed by atoms with van der Waals surface area (Å²) < 4.78 is 0. The number of nitro groups is 1. The fourth-order valence-corrected chi connectivity index (χ4v) is 2.05. The van der Waals surface area contributed by atoms with Crippen molar-refractivity contribution in [2.45, 2.75) is 26.2 Å². The van der Waals surface area contributed by atoms with Gasteiger partial charge in [0.2, 0.25) is 5.91 Å². The number of carbonyl (C=O) groups excluding carboxylic acids is 1. The van der Waals surface area contributed by atoms with Crippen LogP contribution in [0.1, 0.15) is 24.8 Å². The van der Waals surface area contributed by atoms with Crippen LogP contribution in [0.3, 0.4) is 0 Å². The molecule has 0 unspecified atom stereocenters. The van der Waals surface area contributed by atoms with Gasteiger partial charge in [-0.15, -0.1) is 0 Å². The number of nitriles is 1. The lowest BCUT2D eigenvalue weighted by atomic mass is 9.69. The molecule has 1 saturated carbocycles. The molecule has 0 heterocycles. The van der Waals surface area contributed by atoms with Crippen molar-refractivity contribution in [3.8, 4) is 6.07 Å². The average Bonchev–Trinajstić information content (AvgIpc) is 2.30. The Labute approximate surface area is 110 Å². The summed E-state index contributed by atoms with van der Waals surface area (Å²) in [7, 11) is 0. The van der Waals surface area contributed by atoms with Crippen LogP contribution in [0.4, 0.5) is 11.4 Å². The number of benzene rings is 1. The Balaban J connectivity index is 2.20. The predicted molar refractivity (Wildman–Crippen MR) is 68.4 cm³/mol. The molecule has 98 valence electrons. The first-order chi connectivity index (χ1) is 8.98. The van der Waals surface area contributed by atoms with E-state index < -0.39 is 10.3 Å². The summed E-state index contributed by atoms with van der Waals surface area (Å²) in [6, 6.07) is 6.53. The quantitative estimate of drug-likeness (QED) is 0.666. The minimum absolute atomic E-state index is 0.0441. The van der Waals surface area contributed by atoms with Crippen molar-refractivity contribution in [3.05, 3.63) is 33.9 Å². The van der Waals surface area contributed by atoms with Gasteiger partial charge in [-0.1, -0.05) is 6.07 Å². The Morgan fingerprint density at radius 3 is 2.68 bits per heavy atom. The Hall–Kier alpha value is -2.42. The van der Waals surface area contributed by atoms with Gasteiger partial charge in [0.15, 0.2) is 0 Å². The highest BCUT2D eigenvalue weighted by atomic mass is 16.6. The standard InChI is InChI=1S/C13H13N3O3/c1-9-3-4-10(7-11(9)16(18)19)15-12(17)13(8-14)5-2-6-13/h3-4,7H,2,5-6H2,1H3,(H,15,17). The molecule has 1 aromatic rings. The first-order valence-electron chi connectivity index (χ1n) is 5.96. The van der Waals surface area contributed by atoms with Crippen LogP contribution in [0.5, 0.6) is 0 Å². The van der Waals surface area contributed by atoms with E-state index in [0.29, 0.717) is 24.1 Å². The number of amides is 1. The molecule has 0 atom stereocenters. The molecule has 1 aliphatic rings. The number of aryl methyl sites for hydroxylation is 1. The number of rotatable bonds is 3. The van der Waals surface area contributed by atoms with Gasteiger partial charge in [0.1, 0.15) is 5.41 Å². The topological polar surface area (TPSA) is 96.0 Å². The van der Waals surface area contributed by atoms with Gasteiger partial charge in [0, 0.05) is 17.3 Å². The molecular weight excluding hydrogens is 246 g/mol. The fourth-order valence-electron chi connectivity index (χ4n) is 2.05. The van der Waals surface area contributed by atoms with Crippen molar-refractivity contribution >= 4 is 17.3 Å². The number of hydrogen-bond acceptors (Lipinski definition) is 4. The van der Waals surface area contributed by atoms with Gasteiger partial charge in [-0.2, -0.15) is 5.26 Å². The van der Waals surface area contributed by atoms with Crippen LogP contribution in [0.2, 0.25) is 0 Å². The van der Waals surface area contributed by atoms with Crippen molar-refractivity contribution in [1.82, 2.24) is 0 Å². The maximum absolute atomic E-state index is 12.0. The van der Waals surface area contributed by atoms with Crippen LogP contribution in [0.15, 0.2) is 18.2 Å². The number of hydrogen-bond donors (Lipinski definition) is 1. The number of nitrogens with one attached hydrogen (secondary N) is 1. The van der Waals surface area contributed by atoms with Crippen LogP contribution >= 0.6 is 0 Å². The van der Waals surface area contributed by atoms with Crippen LogP contribution in [-0.2, 0) is 4.79 Å². The SMILES string of the molecule is Cc1ccc(NC(=O)C2(C#N)CCC2)cc1[N+](=O)[O-]. The summed E-state index contributed by atoms with van der Waals surface area (Å²) in [6.45, 7) is 1.63. The lowest BCUT2D eigenvalue weighted by molar-refractivity contribution is -0.385. The molecule has 0 aromatic heterocycles. The van der Waals surface area contributed by atoms with Crippen molar-refractivity contribution in [2.24, 2.45) is 5.41 Å². The van der Waals surface area contributed by atoms with E-state index in [4.69, 9.17) is 5.26 Å². The zero-order valence-corrected chi connectivity index (χ0v) is 10.5. The Bertz CT molecular complexity index is 585. The van der Waals surface area contributed by atoms with E-state index in [1.807, 2.05) is 6.07 Å². The second-order valence-electron chi connectivity index (χ2n) is 4.76. The van der Waals surface area contributed by atoms with Crippen LogP contribution in [0.25, 0.3) is 0 Å². The van der Waals surface area contributed by atoms with Crippen LogP contribution < -0.4 is 5.32 Å². The highest BCUT2D eigenvalue weighted by molar-refractivity contribution is 5.98. The molecule has 6 nitrogen and oxygen atoms in total. The predicted octanol–water partition coefficient (Wildman–Crippen LogP) is 2.54. The van der Waals surface area contributed by atoms with Crippen molar-refractivity contribution in [2.75, 3.05) is 5.32 Å². The van der Waals surface area contributed by atoms with E-state index in [1.165, 1.54) is 6.07 Å². The summed E-state index contributed by atoms with van der Waals surface area (Å²) in [5.41, 5.74) is -0.123. The molecule has 1 aliphatic carbocycles. The van der Waals surface area contributed by atoms with Crippen LogP contribution in [0, 0.1) is 33.8 Å². The maximum Gasteiger partial charge on any atom is 0.274 e. The number of nitrogens with zero attached hydrogens (tertiary/aromatic N) is 2. The zero-order valence-electron chi connectivity index (χ0n) is 10.5. The summed E-state index contributed by atoms with van der Waals surface area (Å²) in [4.78, 5) is 22.3. The molecule has 2 rings (SSSR count). The van der Waals surface area contributed by atoms with Crippen molar-refractivity contribution in [3.63, 3.8) is 0 Å². The van der Waals surface area contributed by atoms with Gasteiger partial charge in [0.05, 0.1) is 11.0 Å². The second kappa shape index (κ2) is 4.69. The third-order valence-electron chi connectivity index (χ3n) is 3.52. The van der Waals surface area contributed by atoms with Crippen molar-refractivity contribution < 1.29 is 9.72 Å². The van der Waals surface area contributed by atoms with Gasteiger partial charge in [-0.3, -0.25) is 14.9 Å². The minimum atomic E-state index is -0.959. The number of carbonyl (C=O) groups is 1. The molecule has 0 bridgehead atoms. The lowest BCUT2D eigenvalue weighted by Crippen LogP contribution is -2.40. The largest absolute Gasteiger partial charge is 0.324 e. The summed E-state index contributed by atoms with van der Waals surface area (Å²) in [6.07, 6.45) is 1.95. The molecule has 0 radical (unpaired) electrons. The molecule has 1 aromatic carbocycles. The van der Waals surface area contributed by atoms with E-state index in [9.17, 15) is 14.9 Å². The molecule has 6 heteroatoms. The molecule has 1 N–H and O–H groups in total. The van der Waals surface area contributed by atoms with Gasteiger partial charge >= 0.3 is 0 Å². The molecule has 1 fully saturated rings. The fraction of sp³-hybridized carbons (Fsp3) is 0.385. The highest BCUT2D eigenvalue weighted by Gasteiger charge is 2.44. The second-order valence-corrected chi connectivity index (χ2v) is 4.76. The van der Waals surface area contributed by atoms with E-state index in [2.05, 4.69) is 5.32 Å². The van der Waals surface area contributed by atoms with Gasteiger partial charge < -0.3 is 5.32 Å². The first kappa shape index (κ1) is 13.0. The van der Waals surface area contributed by atoms with Gasteiger partial charge in [0.25, 0.3) is 5.69 Å². The molecule has 1 amide bonds. The molecular formula is C13H13N3O3. The molecule has 0 saturated heterocycles. The average molecular weight is 259 g/mol. The monoisotopic (exact) mass is 259 g/mol. The minimum Gasteiger partial charge on any atom is -0.324 e. The van der Waals surface area contributed by atoms with Gasteiger partial charge in [-0.05, 0) is 32.3 Å². The van der Waals surface area contributed by atoms with Gasteiger partial charge in [-0.25, -0.2) is 0 Å².